The largest absolute Gasteiger partial charge is 0.390 e. The zero-order valence-corrected chi connectivity index (χ0v) is 11.4. The maximum atomic E-state index is 11.3. The molecule has 6 nitrogen and oxygen atoms in total. The molecule has 0 bridgehead atoms. The first-order valence-corrected chi connectivity index (χ1v) is 7.42. The molecule has 102 valence electrons. The van der Waals surface area contributed by atoms with E-state index >= 15 is 0 Å². The van der Waals surface area contributed by atoms with E-state index < -0.39 is 27.6 Å². The summed E-state index contributed by atoms with van der Waals surface area (Å²) in [5.41, 5.74) is -0.949. The minimum Gasteiger partial charge on any atom is -0.390 e. The highest BCUT2D eigenvalue weighted by Gasteiger charge is 2.37. The van der Waals surface area contributed by atoms with Crippen LogP contribution in [0.2, 0.25) is 0 Å². The van der Waals surface area contributed by atoms with Crippen molar-refractivity contribution in [2.24, 2.45) is 0 Å². The number of likely N-dealkylation sites (N-methyl/N-ethyl adjacent to an activating group) is 1. The second-order valence-electron chi connectivity index (χ2n) is 5.37. The van der Waals surface area contributed by atoms with Gasteiger partial charge >= 0.3 is 0 Å². The van der Waals surface area contributed by atoms with Gasteiger partial charge in [-0.15, -0.1) is 0 Å². The van der Waals surface area contributed by atoms with Gasteiger partial charge < -0.3 is 20.4 Å². The van der Waals surface area contributed by atoms with E-state index in [0.717, 1.165) is 0 Å². The summed E-state index contributed by atoms with van der Waals surface area (Å²) < 4.78 is 22.6. The molecule has 0 aromatic carbocycles. The van der Waals surface area contributed by atoms with E-state index in [1.165, 1.54) is 0 Å². The molecule has 0 aliphatic carbocycles. The van der Waals surface area contributed by atoms with Gasteiger partial charge in [0, 0.05) is 19.1 Å². The van der Waals surface area contributed by atoms with Crippen molar-refractivity contribution in [3.05, 3.63) is 0 Å². The normalized spacial score (nSPS) is 31.6. The highest BCUT2D eigenvalue weighted by atomic mass is 32.2. The molecule has 0 radical (unpaired) electrons. The summed E-state index contributed by atoms with van der Waals surface area (Å²) in [6.07, 6.45) is -0.879. The lowest BCUT2D eigenvalue weighted by molar-refractivity contribution is 0.0276. The number of aliphatic hydroxyl groups excluding tert-OH is 1. The molecule has 1 rings (SSSR count). The summed E-state index contributed by atoms with van der Waals surface area (Å²) >= 11 is 0. The lowest BCUT2D eigenvalue weighted by Gasteiger charge is -2.29. The fourth-order valence-electron chi connectivity index (χ4n) is 2.11. The number of rotatable bonds is 5. The van der Waals surface area contributed by atoms with Crippen LogP contribution in [0.5, 0.6) is 0 Å². The second-order valence-corrected chi connectivity index (χ2v) is 7.52. The van der Waals surface area contributed by atoms with E-state index in [1.54, 1.807) is 6.92 Å². The van der Waals surface area contributed by atoms with Gasteiger partial charge in [0.25, 0.3) is 0 Å². The molecular formula is C10H22N2O4S. The van der Waals surface area contributed by atoms with E-state index in [-0.39, 0.29) is 18.1 Å². The Morgan fingerprint density at radius 2 is 2.00 bits per heavy atom. The molecule has 1 fully saturated rings. The average molecular weight is 266 g/mol. The van der Waals surface area contributed by atoms with Crippen molar-refractivity contribution in [1.29, 1.82) is 0 Å². The molecule has 0 spiro atoms. The number of sulfone groups is 1. The minimum atomic E-state index is -3.14. The Labute approximate surface area is 103 Å². The predicted octanol–water partition coefficient (Wildman–Crippen LogP) is -1.95. The van der Waals surface area contributed by atoms with Crippen LogP contribution in [-0.2, 0) is 9.84 Å². The summed E-state index contributed by atoms with van der Waals surface area (Å²) in [6, 6.07) is -0.478. The number of aliphatic hydroxyl groups is 2. The van der Waals surface area contributed by atoms with Gasteiger partial charge in [-0.05, 0) is 21.0 Å². The molecule has 0 amide bonds. The molecule has 0 aromatic heterocycles. The molecule has 1 aliphatic rings. The van der Waals surface area contributed by atoms with Gasteiger partial charge in [-0.3, -0.25) is 0 Å². The van der Waals surface area contributed by atoms with Crippen LogP contribution in [0.25, 0.3) is 0 Å². The van der Waals surface area contributed by atoms with Crippen LogP contribution in [0, 0.1) is 0 Å². The Morgan fingerprint density at radius 1 is 1.41 bits per heavy atom. The number of hydrogen-bond acceptors (Lipinski definition) is 6. The first-order chi connectivity index (χ1) is 7.61. The van der Waals surface area contributed by atoms with Crippen LogP contribution >= 0.6 is 0 Å². The molecular weight excluding hydrogens is 244 g/mol. The van der Waals surface area contributed by atoms with Crippen LogP contribution < -0.4 is 5.32 Å². The van der Waals surface area contributed by atoms with E-state index in [4.69, 9.17) is 0 Å². The van der Waals surface area contributed by atoms with Gasteiger partial charge in [0.1, 0.15) is 0 Å². The molecule has 3 atom stereocenters. The summed E-state index contributed by atoms with van der Waals surface area (Å²) in [6.45, 7) is 2.40. The van der Waals surface area contributed by atoms with Crippen molar-refractivity contribution in [3.8, 4) is 0 Å². The van der Waals surface area contributed by atoms with Gasteiger partial charge in [0.15, 0.2) is 9.84 Å². The first kappa shape index (κ1) is 14.8. The van der Waals surface area contributed by atoms with Crippen molar-refractivity contribution >= 4 is 9.84 Å². The lowest BCUT2D eigenvalue weighted by Crippen LogP contribution is -2.50. The Balaban J connectivity index is 2.46. The van der Waals surface area contributed by atoms with E-state index in [9.17, 15) is 18.6 Å². The molecule has 7 heteroatoms. The van der Waals surface area contributed by atoms with E-state index in [0.29, 0.717) is 6.54 Å². The zero-order chi connectivity index (χ0) is 13.3. The highest BCUT2D eigenvalue weighted by molar-refractivity contribution is 7.91. The first-order valence-electron chi connectivity index (χ1n) is 5.60. The standard InChI is InChI=1S/C10H22N2O4S/c1-10(14,7-12(2)3)6-11-8-4-17(15,16)5-9(8)13/h8-9,11,13-14H,4-7H2,1-3H3. The van der Waals surface area contributed by atoms with Gasteiger partial charge in [0.05, 0.1) is 23.2 Å². The smallest absolute Gasteiger partial charge is 0.154 e. The quantitative estimate of drug-likeness (QED) is 0.536. The van der Waals surface area contributed by atoms with Crippen LogP contribution in [0.15, 0.2) is 0 Å². The number of hydrogen-bond donors (Lipinski definition) is 3. The summed E-state index contributed by atoms with van der Waals surface area (Å²) in [7, 11) is 0.561. The molecule has 3 unspecified atom stereocenters. The topological polar surface area (TPSA) is 89.9 Å². The molecule has 1 saturated heterocycles. The van der Waals surface area contributed by atoms with Crippen LogP contribution in [0.4, 0.5) is 0 Å². The maximum absolute atomic E-state index is 11.3. The summed E-state index contributed by atoms with van der Waals surface area (Å²) in [5, 5.41) is 22.5. The van der Waals surface area contributed by atoms with Gasteiger partial charge in [-0.25, -0.2) is 8.42 Å². The van der Waals surface area contributed by atoms with Crippen LogP contribution in [0.3, 0.4) is 0 Å². The minimum absolute atomic E-state index is 0.0633. The van der Waals surface area contributed by atoms with Crippen molar-refractivity contribution in [1.82, 2.24) is 10.2 Å². The van der Waals surface area contributed by atoms with Crippen molar-refractivity contribution in [3.63, 3.8) is 0 Å². The molecule has 3 N–H and O–H groups in total. The van der Waals surface area contributed by atoms with Crippen LogP contribution in [0.1, 0.15) is 6.92 Å². The van der Waals surface area contributed by atoms with Crippen LogP contribution in [-0.4, -0.2) is 80.0 Å². The third-order valence-corrected chi connectivity index (χ3v) is 4.44. The number of nitrogens with one attached hydrogen (secondary N) is 1. The second kappa shape index (κ2) is 5.19. The fourth-order valence-corrected chi connectivity index (χ4v) is 3.89. The molecule has 17 heavy (non-hydrogen) atoms. The Morgan fingerprint density at radius 3 is 2.41 bits per heavy atom. The summed E-state index contributed by atoms with van der Waals surface area (Å²) in [4.78, 5) is 1.85. The van der Waals surface area contributed by atoms with Gasteiger partial charge in [-0.1, -0.05) is 0 Å². The molecule has 0 saturated carbocycles. The van der Waals surface area contributed by atoms with Crippen molar-refractivity contribution in [2.75, 3.05) is 38.7 Å². The Hall–Kier alpha value is -0.210. The van der Waals surface area contributed by atoms with E-state index in [1.807, 2.05) is 19.0 Å². The monoisotopic (exact) mass is 266 g/mol. The third-order valence-electron chi connectivity index (χ3n) is 2.72. The molecule has 1 heterocycles. The third kappa shape index (κ3) is 4.89. The zero-order valence-electron chi connectivity index (χ0n) is 10.5. The molecule has 0 aromatic rings. The number of nitrogens with zero attached hydrogens (tertiary/aromatic N) is 1. The lowest BCUT2D eigenvalue weighted by atomic mass is 10.1. The predicted molar refractivity (Wildman–Crippen MR) is 65.6 cm³/mol. The van der Waals surface area contributed by atoms with Crippen molar-refractivity contribution < 1.29 is 18.6 Å². The van der Waals surface area contributed by atoms with Gasteiger partial charge in [-0.2, -0.15) is 0 Å². The Kier molecular flexibility index (Phi) is 4.54. The van der Waals surface area contributed by atoms with E-state index in [2.05, 4.69) is 5.32 Å². The van der Waals surface area contributed by atoms with Gasteiger partial charge in [0.2, 0.25) is 0 Å². The SMILES string of the molecule is CN(C)CC(C)(O)CNC1CS(=O)(=O)CC1O. The van der Waals surface area contributed by atoms with Crippen molar-refractivity contribution in [2.45, 2.75) is 24.7 Å². The Bertz CT molecular complexity index is 353. The maximum Gasteiger partial charge on any atom is 0.154 e. The fraction of sp³-hybridized carbons (Fsp3) is 1.00. The highest BCUT2D eigenvalue weighted by Crippen LogP contribution is 2.13. The molecule has 1 aliphatic heterocycles. The summed E-state index contributed by atoms with van der Waals surface area (Å²) in [5.74, 6) is -0.257. The average Bonchev–Trinajstić information content (AvgIpc) is 2.34.